The van der Waals surface area contributed by atoms with Gasteiger partial charge in [-0.05, 0) is 38.3 Å². The summed E-state index contributed by atoms with van der Waals surface area (Å²) in [5.74, 6) is -0.178. The van der Waals surface area contributed by atoms with Gasteiger partial charge in [0, 0.05) is 25.3 Å². The van der Waals surface area contributed by atoms with Gasteiger partial charge in [0.2, 0.25) is 5.91 Å². The third-order valence-corrected chi connectivity index (χ3v) is 6.70. The number of para-hydroxylation sites is 1. The lowest BCUT2D eigenvalue weighted by molar-refractivity contribution is -0.120. The number of hydrogen-bond acceptors (Lipinski definition) is 4. The Morgan fingerprint density at radius 1 is 1.21 bits per heavy atom. The van der Waals surface area contributed by atoms with Crippen LogP contribution in [0.2, 0.25) is 0 Å². The fraction of sp³-hybridized carbons (Fsp3) is 0.611. The van der Waals surface area contributed by atoms with E-state index in [0.717, 1.165) is 38.0 Å². The van der Waals surface area contributed by atoms with E-state index in [-0.39, 0.29) is 11.7 Å². The second-order valence-electron chi connectivity index (χ2n) is 6.26. The fourth-order valence-corrected chi connectivity index (χ4v) is 4.96. The zero-order valence-corrected chi connectivity index (χ0v) is 15.2. The van der Waals surface area contributed by atoms with Crippen LogP contribution in [0.5, 0.6) is 0 Å². The van der Waals surface area contributed by atoms with E-state index in [0.29, 0.717) is 19.4 Å². The molecule has 2 rings (SSSR count). The Hall–Kier alpha value is -1.56. The van der Waals surface area contributed by atoms with Gasteiger partial charge in [-0.3, -0.25) is 4.79 Å². The molecule has 1 atom stereocenters. The standard InChI is InChI=1S/C18H28N2O3S/c1-2-20(16-10-5-3-6-11-16)14-9-13-19-18(21)17-12-7-4-8-15-24(17,22)23/h3,5-6,10-11,17H,2,4,7-9,12-15H2,1H3,(H,19,21). The van der Waals surface area contributed by atoms with E-state index in [4.69, 9.17) is 0 Å². The number of hydrogen-bond donors (Lipinski definition) is 1. The maximum Gasteiger partial charge on any atom is 0.238 e. The Morgan fingerprint density at radius 2 is 1.96 bits per heavy atom. The highest BCUT2D eigenvalue weighted by molar-refractivity contribution is 7.92. The summed E-state index contributed by atoms with van der Waals surface area (Å²) >= 11 is 0. The van der Waals surface area contributed by atoms with Crippen molar-refractivity contribution in [2.75, 3.05) is 30.3 Å². The normalized spacial score (nSPS) is 20.1. The highest BCUT2D eigenvalue weighted by Gasteiger charge is 2.33. The summed E-state index contributed by atoms with van der Waals surface area (Å²) in [5.41, 5.74) is 1.16. The molecule has 1 aromatic carbocycles. The maximum atomic E-state index is 12.2. The second-order valence-corrected chi connectivity index (χ2v) is 8.57. The Balaban J connectivity index is 1.79. The van der Waals surface area contributed by atoms with Gasteiger partial charge in [-0.25, -0.2) is 8.42 Å². The van der Waals surface area contributed by atoms with Crippen molar-refractivity contribution in [3.05, 3.63) is 30.3 Å². The largest absolute Gasteiger partial charge is 0.372 e. The molecule has 1 fully saturated rings. The predicted octanol–water partition coefficient (Wildman–Crippen LogP) is 2.38. The number of benzene rings is 1. The fourth-order valence-electron chi connectivity index (χ4n) is 3.13. The molecular formula is C18H28N2O3S. The summed E-state index contributed by atoms with van der Waals surface area (Å²) in [6.07, 6.45) is 3.63. The van der Waals surface area contributed by atoms with Crippen molar-refractivity contribution < 1.29 is 13.2 Å². The van der Waals surface area contributed by atoms with Gasteiger partial charge in [-0.15, -0.1) is 0 Å². The minimum Gasteiger partial charge on any atom is -0.372 e. The number of nitrogens with one attached hydrogen (secondary N) is 1. The molecule has 0 radical (unpaired) electrons. The molecule has 1 saturated heterocycles. The summed E-state index contributed by atoms with van der Waals surface area (Å²) in [5, 5.41) is 1.97. The number of rotatable bonds is 7. The number of sulfone groups is 1. The molecule has 1 aliphatic rings. The van der Waals surface area contributed by atoms with Crippen LogP contribution in [0.25, 0.3) is 0 Å². The van der Waals surface area contributed by atoms with Crippen LogP contribution in [0.3, 0.4) is 0 Å². The van der Waals surface area contributed by atoms with Crippen molar-refractivity contribution in [1.82, 2.24) is 5.32 Å². The van der Waals surface area contributed by atoms with Crippen molar-refractivity contribution >= 4 is 21.4 Å². The Kier molecular flexibility index (Phi) is 7.09. The molecule has 0 saturated carbocycles. The summed E-state index contributed by atoms with van der Waals surface area (Å²) in [4.78, 5) is 14.5. The highest BCUT2D eigenvalue weighted by atomic mass is 32.2. The van der Waals surface area contributed by atoms with Crippen LogP contribution in [0.15, 0.2) is 30.3 Å². The zero-order valence-electron chi connectivity index (χ0n) is 14.4. The molecule has 1 aromatic rings. The molecule has 1 unspecified atom stereocenters. The van der Waals surface area contributed by atoms with Crippen molar-refractivity contribution in [1.29, 1.82) is 0 Å². The first-order valence-electron chi connectivity index (χ1n) is 8.84. The second kappa shape index (κ2) is 9.06. The molecule has 1 heterocycles. The predicted molar refractivity (Wildman–Crippen MR) is 98.0 cm³/mol. The van der Waals surface area contributed by atoms with E-state index in [1.54, 1.807) is 0 Å². The van der Waals surface area contributed by atoms with Crippen molar-refractivity contribution in [2.24, 2.45) is 0 Å². The molecule has 24 heavy (non-hydrogen) atoms. The lowest BCUT2D eigenvalue weighted by Crippen LogP contribution is -2.41. The van der Waals surface area contributed by atoms with E-state index in [1.807, 2.05) is 18.2 Å². The highest BCUT2D eigenvalue weighted by Crippen LogP contribution is 2.19. The molecule has 6 heteroatoms. The number of anilines is 1. The van der Waals surface area contributed by atoms with E-state index in [1.165, 1.54) is 0 Å². The summed E-state index contributed by atoms with van der Waals surface area (Å²) in [6, 6.07) is 10.2. The molecular weight excluding hydrogens is 324 g/mol. The number of amides is 1. The molecule has 1 N–H and O–H groups in total. The Labute approximate surface area is 145 Å². The third kappa shape index (κ3) is 5.23. The third-order valence-electron chi connectivity index (χ3n) is 4.53. The molecule has 0 aromatic heterocycles. The van der Waals surface area contributed by atoms with Gasteiger partial charge < -0.3 is 10.2 Å². The summed E-state index contributed by atoms with van der Waals surface area (Å²) < 4.78 is 24.3. The van der Waals surface area contributed by atoms with Crippen LogP contribution in [0, 0.1) is 0 Å². The Morgan fingerprint density at radius 3 is 2.67 bits per heavy atom. The van der Waals surface area contributed by atoms with E-state index >= 15 is 0 Å². The van der Waals surface area contributed by atoms with Gasteiger partial charge in [0.25, 0.3) is 0 Å². The average molecular weight is 353 g/mol. The van der Waals surface area contributed by atoms with E-state index in [2.05, 4.69) is 29.3 Å². The first-order valence-corrected chi connectivity index (χ1v) is 10.6. The zero-order chi connectivity index (χ0) is 17.4. The number of carbonyl (C=O) groups is 1. The monoisotopic (exact) mass is 352 g/mol. The minimum absolute atomic E-state index is 0.142. The topological polar surface area (TPSA) is 66.5 Å². The molecule has 1 amide bonds. The van der Waals surface area contributed by atoms with Crippen LogP contribution in [-0.4, -0.2) is 45.0 Å². The van der Waals surface area contributed by atoms with Crippen molar-refractivity contribution in [3.8, 4) is 0 Å². The lowest BCUT2D eigenvalue weighted by atomic mass is 10.1. The van der Waals surface area contributed by atoms with Crippen LogP contribution in [0.4, 0.5) is 5.69 Å². The Bertz CT molecular complexity index is 616. The average Bonchev–Trinajstić information content (AvgIpc) is 2.76. The first kappa shape index (κ1) is 18.8. The smallest absolute Gasteiger partial charge is 0.238 e. The minimum atomic E-state index is -3.28. The van der Waals surface area contributed by atoms with Gasteiger partial charge in [0.05, 0.1) is 5.75 Å². The molecule has 0 aliphatic carbocycles. The summed E-state index contributed by atoms with van der Waals surface area (Å²) in [6.45, 7) is 4.34. The van der Waals surface area contributed by atoms with E-state index < -0.39 is 15.1 Å². The van der Waals surface area contributed by atoms with Gasteiger partial charge in [0.15, 0.2) is 9.84 Å². The molecule has 1 aliphatic heterocycles. The molecule has 0 spiro atoms. The van der Waals surface area contributed by atoms with Gasteiger partial charge >= 0.3 is 0 Å². The molecule has 0 bridgehead atoms. The first-order chi connectivity index (χ1) is 11.5. The number of nitrogens with zero attached hydrogens (tertiary/aromatic N) is 1. The van der Waals surface area contributed by atoms with E-state index in [9.17, 15) is 13.2 Å². The summed E-state index contributed by atoms with van der Waals surface area (Å²) in [7, 11) is -3.28. The van der Waals surface area contributed by atoms with Crippen molar-refractivity contribution in [3.63, 3.8) is 0 Å². The number of carbonyl (C=O) groups excluding carboxylic acids is 1. The lowest BCUT2D eigenvalue weighted by Gasteiger charge is -2.23. The van der Waals surface area contributed by atoms with Crippen LogP contribution < -0.4 is 10.2 Å². The SMILES string of the molecule is CCN(CCCNC(=O)C1CCCCCS1(=O)=O)c1ccccc1. The quantitative estimate of drug-likeness (QED) is 0.765. The van der Waals surface area contributed by atoms with Crippen LogP contribution in [-0.2, 0) is 14.6 Å². The van der Waals surface area contributed by atoms with Crippen molar-refractivity contribution in [2.45, 2.75) is 44.3 Å². The van der Waals surface area contributed by atoms with Crippen LogP contribution >= 0.6 is 0 Å². The van der Waals surface area contributed by atoms with Crippen LogP contribution in [0.1, 0.15) is 39.0 Å². The maximum absolute atomic E-state index is 12.2. The van der Waals surface area contributed by atoms with Gasteiger partial charge in [0.1, 0.15) is 5.25 Å². The molecule has 134 valence electrons. The van der Waals surface area contributed by atoms with Gasteiger partial charge in [-0.1, -0.05) is 31.0 Å². The molecule has 5 nitrogen and oxygen atoms in total. The van der Waals surface area contributed by atoms with Gasteiger partial charge in [-0.2, -0.15) is 0 Å².